The van der Waals surface area contributed by atoms with E-state index in [1.54, 1.807) is 18.2 Å². The number of carbonyl (C=O) groups excluding carboxylic acids is 2. The Morgan fingerprint density at radius 1 is 0.657 bits per heavy atom. The molecule has 3 aromatic carbocycles. The smallest absolute Gasteiger partial charge is 0.870 e. The number of aliphatic hydroxyl groups excluding tert-OH is 2. The Morgan fingerprint density at radius 3 is 1.40 bits per heavy atom. The standard InChI is InChI=1S/C15H17Cl2NO2.C13H13Cl2NO2.C9H15NO2.C6H3Cl2I.C4H8O2.CH4O.CH4.Li.H2O/c1-2-20-15(19)14-12-3-4-18(8-13(12)14)11-6-9(16)5-10(17)7-11;14-7-3-8(15)5-9(4-7)16-2-1-10-11(6-16)12(10)13(17)18;1-2-12-9(11)8-6-3-4-10-5-7(6)8;7-4-1-5(8)3-6(9)2-4;5-4-2-1-3-6-4;1-2;;;/h5-7,12-14H,2-4,8H2,1H3;3-5,10-12H,1-2,6H2,(H,17,18);6-8,10H,2-5H2,1H3;1-3H;4-5H,1-3H2;2H,1H3;1H4;;1H2/q;;;;;;;+1;/p-1. The number of carboxylic acid groups (broad SMARTS) is 1. The number of aliphatic carboxylic acids is 1. The average Bonchev–Trinajstić information content (AvgIpc) is 4.23. The van der Waals surface area contributed by atoms with Crippen LogP contribution < -0.4 is 34.0 Å². The summed E-state index contributed by atoms with van der Waals surface area (Å²) in [7, 11) is 1.00. The number of rotatable bonds is 7. The molecule has 10 atom stereocenters. The number of fused-ring (bicyclic) bond motifs is 3. The third kappa shape index (κ3) is 19.0. The summed E-state index contributed by atoms with van der Waals surface area (Å²) in [6.07, 6.45) is 4.49. The van der Waals surface area contributed by atoms with Crippen LogP contribution in [-0.2, 0) is 28.6 Å². The van der Waals surface area contributed by atoms with Crippen molar-refractivity contribution < 1.29 is 68.3 Å². The number of halogens is 7. The quantitative estimate of drug-likeness (QED) is 0.101. The molecule has 386 valence electrons. The number of nitrogens with one attached hydrogen (secondary N) is 1. The van der Waals surface area contributed by atoms with E-state index >= 15 is 0 Å². The second kappa shape index (κ2) is 31.4. The molecule has 10 unspecified atom stereocenters. The van der Waals surface area contributed by atoms with Crippen LogP contribution in [0.2, 0.25) is 30.1 Å². The number of anilines is 2. The molecule has 4 saturated heterocycles. The maximum atomic E-state index is 11.8. The van der Waals surface area contributed by atoms with E-state index in [2.05, 4.69) is 37.7 Å². The summed E-state index contributed by atoms with van der Waals surface area (Å²) in [4.78, 5) is 38.6. The van der Waals surface area contributed by atoms with Crippen LogP contribution in [0.1, 0.15) is 53.4 Å². The monoisotopic (exact) mass is 1200 g/mol. The molecule has 70 heavy (non-hydrogen) atoms. The van der Waals surface area contributed by atoms with Crippen LogP contribution in [0.5, 0.6) is 0 Å². The number of esters is 2. The zero-order valence-electron chi connectivity index (χ0n) is 39.1. The number of hydrogen-bond acceptors (Lipinski definition) is 12. The third-order valence-electron chi connectivity index (χ3n) is 12.9. The van der Waals surface area contributed by atoms with Crippen molar-refractivity contribution in [3.8, 4) is 0 Å². The molecule has 3 aromatic rings. The Morgan fingerprint density at radius 2 is 1.06 bits per heavy atom. The molecule has 0 radical (unpaired) electrons. The van der Waals surface area contributed by atoms with Crippen LogP contribution in [0, 0.1) is 56.8 Å². The van der Waals surface area contributed by atoms with Crippen LogP contribution in [0.15, 0.2) is 54.6 Å². The second-order valence-corrected chi connectivity index (χ2v) is 21.0. The normalized spacial score (nSPS) is 26.6. The number of ether oxygens (including phenoxy) is 3. The van der Waals surface area contributed by atoms with Gasteiger partial charge in [-0.15, -0.1) is 0 Å². The Labute approximate surface area is 468 Å². The fourth-order valence-electron chi connectivity index (χ4n) is 9.67. The molecule has 21 heteroatoms. The zero-order valence-corrected chi connectivity index (χ0v) is 45.8. The molecule has 0 bridgehead atoms. The summed E-state index contributed by atoms with van der Waals surface area (Å²) in [5.41, 5.74) is 2.03. The van der Waals surface area contributed by atoms with Gasteiger partial charge in [-0.1, -0.05) is 77.0 Å². The molecule has 5 N–H and O–H groups in total. The van der Waals surface area contributed by atoms with Crippen molar-refractivity contribution in [2.45, 2.75) is 59.7 Å². The minimum Gasteiger partial charge on any atom is -0.870 e. The maximum absolute atomic E-state index is 11.8. The molecule has 0 aromatic heterocycles. The molecule has 7 aliphatic rings. The molecule has 3 saturated carbocycles. The summed E-state index contributed by atoms with van der Waals surface area (Å²) in [5.74, 6) is 2.28. The van der Waals surface area contributed by atoms with Gasteiger partial charge in [0.15, 0.2) is 6.29 Å². The van der Waals surface area contributed by atoms with E-state index in [1.165, 1.54) is 0 Å². The fourth-order valence-corrected chi connectivity index (χ4v) is 12.3. The maximum Gasteiger partial charge on any atom is 1.00 e. The van der Waals surface area contributed by atoms with E-state index in [-0.39, 0.29) is 67.4 Å². The van der Waals surface area contributed by atoms with E-state index in [0.717, 1.165) is 100 Å². The van der Waals surface area contributed by atoms with E-state index in [9.17, 15) is 14.4 Å². The van der Waals surface area contributed by atoms with Gasteiger partial charge in [-0.3, -0.25) is 14.4 Å². The van der Waals surface area contributed by atoms with Crippen LogP contribution >= 0.6 is 92.2 Å². The summed E-state index contributed by atoms with van der Waals surface area (Å²) in [6.45, 7) is 11.0. The number of hydrogen-bond donors (Lipinski definition) is 4. The van der Waals surface area contributed by atoms with Gasteiger partial charge in [0.1, 0.15) is 0 Å². The van der Waals surface area contributed by atoms with Crippen molar-refractivity contribution in [3.63, 3.8) is 0 Å². The Balaban J connectivity index is 0.000000309. The Bertz CT molecular complexity index is 2030. The summed E-state index contributed by atoms with van der Waals surface area (Å²) < 4.78 is 15.9. The molecule has 3 aliphatic carbocycles. The number of carbonyl (C=O) groups is 3. The Kier molecular flexibility index (Phi) is 29.0. The number of piperidine rings is 3. The van der Waals surface area contributed by atoms with Gasteiger partial charge in [0.25, 0.3) is 0 Å². The molecular formula is C49H65Cl6ILiN3O10. The van der Waals surface area contributed by atoms with Crippen LogP contribution in [-0.4, -0.2) is 111 Å². The van der Waals surface area contributed by atoms with Gasteiger partial charge in [-0.05, 0) is 165 Å². The van der Waals surface area contributed by atoms with Gasteiger partial charge in [0, 0.05) is 91.4 Å². The van der Waals surface area contributed by atoms with Crippen molar-refractivity contribution in [3.05, 3.63) is 88.3 Å². The van der Waals surface area contributed by atoms with Gasteiger partial charge in [-0.25, -0.2) is 0 Å². The van der Waals surface area contributed by atoms with Crippen molar-refractivity contribution in [1.82, 2.24) is 5.32 Å². The van der Waals surface area contributed by atoms with Crippen molar-refractivity contribution in [2.75, 3.05) is 76.0 Å². The van der Waals surface area contributed by atoms with Gasteiger partial charge in [-0.2, -0.15) is 0 Å². The predicted molar refractivity (Wildman–Crippen MR) is 284 cm³/mol. The molecule has 0 spiro atoms. The third-order valence-corrected chi connectivity index (χ3v) is 14.8. The van der Waals surface area contributed by atoms with E-state index in [4.69, 9.17) is 99.1 Å². The second-order valence-electron chi connectivity index (χ2n) is 17.2. The first-order valence-corrected chi connectivity index (χ1v) is 26.0. The van der Waals surface area contributed by atoms with Crippen molar-refractivity contribution in [1.29, 1.82) is 0 Å². The molecule has 10 rings (SSSR count). The minimum absolute atomic E-state index is 0. The van der Waals surface area contributed by atoms with E-state index in [1.807, 2.05) is 50.2 Å². The first-order chi connectivity index (χ1) is 32.1. The van der Waals surface area contributed by atoms with Gasteiger partial charge >= 0.3 is 36.8 Å². The molecule has 7 fully saturated rings. The molecule has 4 aliphatic heterocycles. The van der Waals surface area contributed by atoms with Crippen LogP contribution in [0.3, 0.4) is 0 Å². The van der Waals surface area contributed by atoms with Gasteiger partial charge in [0.2, 0.25) is 0 Å². The van der Waals surface area contributed by atoms with E-state index in [0.29, 0.717) is 72.9 Å². The van der Waals surface area contributed by atoms with Gasteiger partial charge in [0.05, 0.1) is 31.0 Å². The molecule has 13 nitrogen and oxygen atoms in total. The first-order valence-electron chi connectivity index (χ1n) is 22.6. The van der Waals surface area contributed by atoms with Crippen molar-refractivity contribution >= 4 is 121 Å². The van der Waals surface area contributed by atoms with Crippen LogP contribution in [0.25, 0.3) is 0 Å². The Hall–Kier alpha value is -1.46. The average molecular weight is 1200 g/mol. The number of carboxylic acids is 1. The summed E-state index contributed by atoms with van der Waals surface area (Å²) in [6, 6.07) is 16.5. The first kappa shape index (κ1) is 64.7. The number of aliphatic hydroxyl groups is 2. The summed E-state index contributed by atoms with van der Waals surface area (Å²) in [5, 5.41) is 31.8. The van der Waals surface area contributed by atoms with E-state index < -0.39 is 12.3 Å². The number of benzene rings is 3. The molecule has 4 heterocycles. The SMILES string of the molecule is C.CCOC(=O)C1C2CCN(c3cc(Cl)cc(Cl)c3)CC21.CCOC(=O)C1C2CCNCC21.CO.Clc1cc(Cl)cc(I)c1.O=C(O)C1C2CCN(c3cc(Cl)cc(Cl)c3)CC21.OC1CCCO1.[Li+].[OH-]. The molecule has 0 amide bonds. The zero-order chi connectivity index (χ0) is 48.9. The minimum atomic E-state index is -0.657. The topological polar surface area (TPSA) is 188 Å². The number of nitrogens with zero attached hydrogens (tertiary/aromatic N) is 2. The predicted octanol–water partition coefficient (Wildman–Crippen LogP) is 7.97. The van der Waals surface area contributed by atoms with Crippen molar-refractivity contribution in [2.24, 2.45) is 53.3 Å². The van der Waals surface area contributed by atoms with Gasteiger partial charge < -0.3 is 50.1 Å². The van der Waals surface area contributed by atoms with Crippen LogP contribution in [0.4, 0.5) is 11.4 Å². The fraction of sp³-hybridized carbons (Fsp3) is 0.571. The summed E-state index contributed by atoms with van der Waals surface area (Å²) >= 11 is 37.6. The largest absolute Gasteiger partial charge is 1.00 e. The molecular weight excluding hydrogens is 1140 g/mol.